The van der Waals surface area contributed by atoms with Crippen LogP contribution in [0.2, 0.25) is 0 Å². The maximum absolute atomic E-state index is 13.3. The standard InChI is InChI=1S/C24H30N2O3/c1-4-22(27)26-14-15-29-24(17-26,23(28)25-18(2)3)16-20-12-8-9-13-21(20)19-10-6-5-7-11-19/h5-13,18H,4,14-17H2,1-3H3,(H,25,28)/t24-/m0/s1. The summed E-state index contributed by atoms with van der Waals surface area (Å²) in [4.78, 5) is 27.4. The highest BCUT2D eigenvalue weighted by Gasteiger charge is 2.45. The molecule has 1 N–H and O–H groups in total. The van der Waals surface area contributed by atoms with Crippen molar-refractivity contribution < 1.29 is 14.3 Å². The SMILES string of the molecule is CCC(=O)N1CCO[C@](Cc2ccccc2-c2ccccc2)(C(=O)NC(C)C)C1. The molecule has 1 saturated heterocycles. The lowest BCUT2D eigenvalue weighted by atomic mass is 9.87. The van der Waals surface area contributed by atoms with E-state index in [-0.39, 0.29) is 24.4 Å². The fraction of sp³-hybridized carbons (Fsp3) is 0.417. The summed E-state index contributed by atoms with van der Waals surface area (Å²) in [5.74, 6) is -0.115. The Hall–Kier alpha value is -2.66. The zero-order valence-corrected chi connectivity index (χ0v) is 17.5. The van der Waals surface area contributed by atoms with Crippen molar-refractivity contribution >= 4 is 11.8 Å². The molecule has 2 amide bonds. The molecule has 0 aromatic heterocycles. The smallest absolute Gasteiger partial charge is 0.254 e. The van der Waals surface area contributed by atoms with Gasteiger partial charge in [-0.1, -0.05) is 61.5 Å². The Morgan fingerprint density at radius 3 is 2.48 bits per heavy atom. The van der Waals surface area contributed by atoms with E-state index < -0.39 is 5.60 Å². The second kappa shape index (κ2) is 9.23. The average Bonchev–Trinajstić information content (AvgIpc) is 2.74. The predicted molar refractivity (Wildman–Crippen MR) is 114 cm³/mol. The van der Waals surface area contributed by atoms with Crippen LogP contribution >= 0.6 is 0 Å². The Kier molecular flexibility index (Phi) is 6.70. The van der Waals surface area contributed by atoms with E-state index >= 15 is 0 Å². The summed E-state index contributed by atoms with van der Waals surface area (Å²) in [6, 6.07) is 18.2. The van der Waals surface area contributed by atoms with Crippen molar-refractivity contribution in [1.82, 2.24) is 10.2 Å². The third-order valence-electron chi connectivity index (χ3n) is 5.25. The number of amides is 2. The van der Waals surface area contributed by atoms with Crippen LogP contribution in [0.1, 0.15) is 32.8 Å². The summed E-state index contributed by atoms with van der Waals surface area (Å²) < 4.78 is 6.14. The molecule has 3 rings (SSSR count). The molecule has 5 nitrogen and oxygen atoms in total. The maximum Gasteiger partial charge on any atom is 0.254 e. The molecule has 1 aliphatic rings. The Bertz CT molecular complexity index is 850. The molecule has 1 aliphatic heterocycles. The number of nitrogens with one attached hydrogen (secondary N) is 1. The third kappa shape index (κ3) is 4.85. The van der Waals surface area contributed by atoms with E-state index in [9.17, 15) is 9.59 Å². The van der Waals surface area contributed by atoms with Gasteiger partial charge in [0.05, 0.1) is 13.2 Å². The molecule has 5 heteroatoms. The fourth-order valence-electron chi connectivity index (χ4n) is 3.82. The van der Waals surface area contributed by atoms with E-state index in [1.165, 1.54) is 0 Å². The molecule has 2 aromatic rings. The molecular formula is C24H30N2O3. The molecule has 1 atom stereocenters. The van der Waals surface area contributed by atoms with E-state index in [0.717, 1.165) is 16.7 Å². The number of hydrogen-bond acceptors (Lipinski definition) is 3. The molecule has 0 spiro atoms. The van der Waals surface area contributed by atoms with Crippen LogP contribution in [0.3, 0.4) is 0 Å². The van der Waals surface area contributed by atoms with Crippen LogP contribution in [0.25, 0.3) is 11.1 Å². The molecule has 154 valence electrons. The van der Waals surface area contributed by atoms with Gasteiger partial charge in [0, 0.05) is 25.4 Å². The first kappa shape index (κ1) is 21.1. The predicted octanol–water partition coefficient (Wildman–Crippen LogP) is 3.43. The first-order chi connectivity index (χ1) is 13.9. The van der Waals surface area contributed by atoms with E-state index in [2.05, 4.69) is 23.5 Å². The molecule has 0 bridgehead atoms. The second-order valence-corrected chi connectivity index (χ2v) is 7.84. The highest BCUT2D eigenvalue weighted by Crippen LogP contribution is 2.30. The van der Waals surface area contributed by atoms with Crippen LogP contribution < -0.4 is 5.32 Å². The van der Waals surface area contributed by atoms with Gasteiger partial charge in [-0.3, -0.25) is 9.59 Å². The maximum atomic E-state index is 13.3. The summed E-state index contributed by atoms with van der Waals surface area (Å²) >= 11 is 0. The van der Waals surface area contributed by atoms with E-state index in [0.29, 0.717) is 26.0 Å². The van der Waals surface area contributed by atoms with Crippen molar-refractivity contribution in [2.24, 2.45) is 0 Å². The zero-order chi connectivity index (χ0) is 20.9. The van der Waals surface area contributed by atoms with Gasteiger partial charge in [-0.25, -0.2) is 0 Å². The lowest BCUT2D eigenvalue weighted by molar-refractivity contribution is -0.166. The van der Waals surface area contributed by atoms with E-state index in [1.807, 2.05) is 57.2 Å². The van der Waals surface area contributed by atoms with Crippen molar-refractivity contribution in [3.8, 4) is 11.1 Å². The number of hydrogen-bond donors (Lipinski definition) is 1. The van der Waals surface area contributed by atoms with Crippen molar-refractivity contribution in [3.05, 3.63) is 60.2 Å². The van der Waals surface area contributed by atoms with E-state index in [1.54, 1.807) is 4.90 Å². The lowest BCUT2D eigenvalue weighted by Crippen LogP contribution is -2.62. The highest BCUT2D eigenvalue weighted by molar-refractivity contribution is 5.88. The molecule has 29 heavy (non-hydrogen) atoms. The molecule has 0 saturated carbocycles. The number of morpholine rings is 1. The Labute approximate surface area is 173 Å². The normalized spacial score (nSPS) is 19.2. The molecule has 0 unspecified atom stereocenters. The molecular weight excluding hydrogens is 364 g/mol. The second-order valence-electron chi connectivity index (χ2n) is 7.84. The quantitative estimate of drug-likeness (QED) is 0.817. The van der Waals surface area contributed by atoms with Crippen LogP contribution in [0.5, 0.6) is 0 Å². The van der Waals surface area contributed by atoms with Crippen LogP contribution in [-0.2, 0) is 20.7 Å². The average molecular weight is 395 g/mol. The molecule has 2 aromatic carbocycles. The van der Waals surface area contributed by atoms with Gasteiger partial charge in [0.2, 0.25) is 5.91 Å². The summed E-state index contributed by atoms with van der Waals surface area (Å²) in [7, 11) is 0. The molecule has 1 heterocycles. The van der Waals surface area contributed by atoms with Crippen molar-refractivity contribution in [3.63, 3.8) is 0 Å². The summed E-state index contributed by atoms with van der Waals surface area (Å²) in [5.41, 5.74) is 2.11. The highest BCUT2D eigenvalue weighted by atomic mass is 16.5. The Morgan fingerprint density at radius 2 is 1.79 bits per heavy atom. The van der Waals surface area contributed by atoms with Gasteiger partial charge in [0.1, 0.15) is 0 Å². The number of carbonyl (C=O) groups is 2. The van der Waals surface area contributed by atoms with Crippen LogP contribution in [0.15, 0.2) is 54.6 Å². The van der Waals surface area contributed by atoms with Gasteiger partial charge < -0.3 is 15.0 Å². The minimum atomic E-state index is -1.10. The van der Waals surface area contributed by atoms with Gasteiger partial charge in [-0.2, -0.15) is 0 Å². The third-order valence-corrected chi connectivity index (χ3v) is 5.25. The van der Waals surface area contributed by atoms with Gasteiger partial charge in [0.15, 0.2) is 5.60 Å². The minimum absolute atomic E-state index is 0.00963. The number of benzene rings is 2. The number of ether oxygens (including phenoxy) is 1. The number of rotatable bonds is 6. The topological polar surface area (TPSA) is 58.6 Å². The monoisotopic (exact) mass is 394 g/mol. The van der Waals surface area contributed by atoms with Crippen molar-refractivity contribution in [2.75, 3.05) is 19.7 Å². The largest absolute Gasteiger partial charge is 0.361 e. The lowest BCUT2D eigenvalue weighted by Gasteiger charge is -2.42. The van der Waals surface area contributed by atoms with Crippen molar-refractivity contribution in [2.45, 2.75) is 45.3 Å². The number of carbonyl (C=O) groups excluding carboxylic acids is 2. The summed E-state index contributed by atoms with van der Waals surface area (Å²) in [5, 5.41) is 3.01. The summed E-state index contributed by atoms with van der Waals surface area (Å²) in [6.07, 6.45) is 0.826. The Morgan fingerprint density at radius 1 is 1.10 bits per heavy atom. The zero-order valence-electron chi connectivity index (χ0n) is 17.5. The van der Waals surface area contributed by atoms with Gasteiger partial charge >= 0.3 is 0 Å². The van der Waals surface area contributed by atoms with Gasteiger partial charge in [0.25, 0.3) is 5.91 Å². The molecule has 1 fully saturated rings. The fourth-order valence-corrected chi connectivity index (χ4v) is 3.82. The van der Waals surface area contributed by atoms with E-state index in [4.69, 9.17) is 4.74 Å². The molecule has 0 radical (unpaired) electrons. The van der Waals surface area contributed by atoms with Crippen LogP contribution in [-0.4, -0.2) is 48.1 Å². The van der Waals surface area contributed by atoms with Crippen LogP contribution in [0, 0.1) is 0 Å². The first-order valence-electron chi connectivity index (χ1n) is 10.3. The summed E-state index contributed by atoms with van der Waals surface area (Å²) in [6.45, 7) is 6.84. The molecule has 0 aliphatic carbocycles. The minimum Gasteiger partial charge on any atom is -0.361 e. The van der Waals surface area contributed by atoms with Crippen molar-refractivity contribution in [1.29, 1.82) is 0 Å². The first-order valence-corrected chi connectivity index (χ1v) is 10.3. The van der Waals surface area contributed by atoms with Crippen LogP contribution in [0.4, 0.5) is 0 Å². The van der Waals surface area contributed by atoms with Gasteiger partial charge in [-0.15, -0.1) is 0 Å². The van der Waals surface area contributed by atoms with Gasteiger partial charge in [-0.05, 0) is 30.5 Å². The number of nitrogens with zero attached hydrogens (tertiary/aromatic N) is 1. The Balaban J connectivity index is 1.98.